The van der Waals surface area contributed by atoms with Crippen molar-refractivity contribution in [3.8, 4) is 11.5 Å². The van der Waals surface area contributed by atoms with E-state index in [9.17, 15) is 19.8 Å². The van der Waals surface area contributed by atoms with Gasteiger partial charge < -0.3 is 10.2 Å². The minimum absolute atomic E-state index is 0.00168. The maximum Gasteiger partial charge on any atom is 0.150 e. The van der Waals surface area contributed by atoms with E-state index in [0.29, 0.717) is 41.2 Å². The van der Waals surface area contributed by atoms with Gasteiger partial charge in [0.2, 0.25) is 0 Å². The number of carbonyl (C=O) groups excluding carboxylic acids is 2. The molecule has 0 heterocycles. The van der Waals surface area contributed by atoms with Gasteiger partial charge >= 0.3 is 0 Å². The lowest BCUT2D eigenvalue weighted by Gasteiger charge is -2.22. The molecule has 0 atom stereocenters. The molecule has 0 amide bonds. The standard InChI is InChI=1S/C25H22O4/c1-16(2)10-17-4-3-5-20(11-17)25(21-12-18(14-26)6-8-23(21)28)22-13-19(15-27)7-9-24(22)29/h3-9,11-15,25,28-29H,1,10H2,2H3. The molecule has 4 heteroatoms. The molecule has 0 aliphatic carbocycles. The zero-order valence-electron chi connectivity index (χ0n) is 16.1. The second-order valence-corrected chi connectivity index (χ2v) is 7.18. The van der Waals surface area contributed by atoms with Crippen LogP contribution in [0.15, 0.2) is 72.8 Å². The minimum atomic E-state index is -0.570. The third-order valence-corrected chi connectivity index (χ3v) is 4.79. The Morgan fingerprint density at radius 1 is 0.897 bits per heavy atom. The van der Waals surface area contributed by atoms with Crippen molar-refractivity contribution in [2.24, 2.45) is 0 Å². The monoisotopic (exact) mass is 386 g/mol. The molecule has 0 spiro atoms. The van der Waals surface area contributed by atoms with Crippen molar-refractivity contribution in [2.45, 2.75) is 19.3 Å². The quantitative estimate of drug-likeness (QED) is 0.340. The van der Waals surface area contributed by atoms with Crippen LogP contribution >= 0.6 is 0 Å². The van der Waals surface area contributed by atoms with Gasteiger partial charge in [-0.05, 0) is 60.9 Å². The van der Waals surface area contributed by atoms with Gasteiger partial charge in [0.1, 0.15) is 24.1 Å². The Balaban J connectivity index is 2.27. The maximum absolute atomic E-state index is 11.3. The summed E-state index contributed by atoms with van der Waals surface area (Å²) in [5.41, 5.74) is 4.63. The topological polar surface area (TPSA) is 74.6 Å². The van der Waals surface area contributed by atoms with Crippen molar-refractivity contribution in [1.82, 2.24) is 0 Å². The fourth-order valence-electron chi connectivity index (χ4n) is 3.51. The van der Waals surface area contributed by atoms with Gasteiger partial charge in [0.05, 0.1) is 0 Å². The van der Waals surface area contributed by atoms with E-state index in [1.165, 1.54) is 24.3 Å². The Kier molecular flexibility index (Phi) is 5.93. The average Bonchev–Trinajstić information content (AvgIpc) is 2.70. The Hall–Kier alpha value is -3.66. The number of aldehydes is 2. The molecule has 0 bridgehead atoms. The normalized spacial score (nSPS) is 10.7. The molecular formula is C25H22O4. The predicted molar refractivity (Wildman–Crippen MR) is 113 cm³/mol. The first-order valence-electron chi connectivity index (χ1n) is 9.22. The molecule has 146 valence electrons. The van der Waals surface area contributed by atoms with Gasteiger partial charge in [-0.3, -0.25) is 9.59 Å². The highest BCUT2D eigenvalue weighted by Crippen LogP contribution is 2.41. The first-order chi connectivity index (χ1) is 13.9. The second-order valence-electron chi connectivity index (χ2n) is 7.18. The van der Waals surface area contributed by atoms with E-state index in [1.54, 1.807) is 12.1 Å². The average molecular weight is 386 g/mol. The molecule has 0 saturated heterocycles. The molecule has 3 aromatic rings. The fourth-order valence-corrected chi connectivity index (χ4v) is 3.51. The Morgan fingerprint density at radius 2 is 1.45 bits per heavy atom. The molecule has 0 aliphatic rings. The minimum Gasteiger partial charge on any atom is -0.508 e. The molecule has 0 aliphatic heterocycles. The maximum atomic E-state index is 11.3. The molecule has 4 nitrogen and oxygen atoms in total. The van der Waals surface area contributed by atoms with Gasteiger partial charge in [-0.25, -0.2) is 0 Å². The second kappa shape index (κ2) is 8.57. The molecule has 0 aromatic heterocycles. The summed E-state index contributed by atoms with van der Waals surface area (Å²) in [5.74, 6) is -0.566. The van der Waals surface area contributed by atoms with Crippen LogP contribution in [-0.2, 0) is 6.42 Å². The number of allylic oxidation sites excluding steroid dienone is 1. The van der Waals surface area contributed by atoms with Crippen LogP contribution in [0.3, 0.4) is 0 Å². The molecule has 2 N–H and O–H groups in total. The zero-order valence-corrected chi connectivity index (χ0v) is 16.1. The molecule has 0 unspecified atom stereocenters. The highest BCUT2D eigenvalue weighted by molar-refractivity contribution is 5.77. The van der Waals surface area contributed by atoms with Crippen LogP contribution in [0.4, 0.5) is 0 Å². The number of phenols is 2. The van der Waals surface area contributed by atoms with Crippen molar-refractivity contribution in [2.75, 3.05) is 0 Å². The van der Waals surface area contributed by atoms with Crippen LogP contribution in [0.5, 0.6) is 11.5 Å². The van der Waals surface area contributed by atoms with Crippen LogP contribution in [0, 0.1) is 0 Å². The summed E-state index contributed by atoms with van der Waals surface area (Å²) in [7, 11) is 0. The summed E-state index contributed by atoms with van der Waals surface area (Å²) in [6.45, 7) is 5.90. The number of hydrogen-bond donors (Lipinski definition) is 2. The SMILES string of the molecule is C=C(C)Cc1cccc(C(c2cc(C=O)ccc2O)c2cc(C=O)ccc2O)c1. The number of carbonyl (C=O) groups is 2. The summed E-state index contributed by atoms with van der Waals surface area (Å²) in [6.07, 6.45) is 2.11. The number of aromatic hydroxyl groups is 2. The molecule has 3 rings (SSSR count). The highest BCUT2D eigenvalue weighted by Gasteiger charge is 2.24. The van der Waals surface area contributed by atoms with E-state index in [-0.39, 0.29) is 11.5 Å². The van der Waals surface area contributed by atoms with Crippen LogP contribution in [0.2, 0.25) is 0 Å². The van der Waals surface area contributed by atoms with Gasteiger partial charge in [-0.2, -0.15) is 0 Å². The Bertz CT molecular complexity index is 1020. The summed E-state index contributed by atoms with van der Waals surface area (Å²) in [5, 5.41) is 21.1. The van der Waals surface area contributed by atoms with Gasteiger partial charge in [0.25, 0.3) is 0 Å². The van der Waals surface area contributed by atoms with E-state index in [4.69, 9.17) is 0 Å². The first-order valence-corrected chi connectivity index (χ1v) is 9.22. The van der Waals surface area contributed by atoms with Crippen molar-refractivity contribution in [3.63, 3.8) is 0 Å². The van der Waals surface area contributed by atoms with E-state index in [0.717, 1.165) is 16.7 Å². The molecule has 3 aromatic carbocycles. The third-order valence-electron chi connectivity index (χ3n) is 4.79. The summed E-state index contributed by atoms with van der Waals surface area (Å²) >= 11 is 0. The zero-order chi connectivity index (χ0) is 21.0. The van der Waals surface area contributed by atoms with Gasteiger partial charge in [-0.1, -0.05) is 36.4 Å². The smallest absolute Gasteiger partial charge is 0.150 e. The van der Waals surface area contributed by atoms with Crippen LogP contribution < -0.4 is 0 Å². The molecule has 0 radical (unpaired) electrons. The van der Waals surface area contributed by atoms with E-state index in [2.05, 4.69) is 6.58 Å². The van der Waals surface area contributed by atoms with Crippen LogP contribution in [-0.4, -0.2) is 22.8 Å². The molecule has 0 fully saturated rings. The fraction of sp³-hybridized carbons (Fsp3) is 0.120. The predicted octanol–water partition coefficient (Wildman–Crippen LogP) is 5.02. The number of hydrogen-bond acceptors (Lipinski definition) is 4. The molecular weight excluding hydrogens is 364 g/mol. The van der Waals surface area contributed by atoms with E-state index >= 15 is 0 Å². The van der Waals surface area contributed by atoms with Gasteiger partial charge in [0, 0.05) is 28.2 Å². The number of phenolic OH excluding ortho intramolecular Hbond substituents is 2. The Morgan fingerprint density at radius 3 is 1.93 bits per heavy atom. The van der Waals surface area contributed by atoms with Crippen molar-refractivity contribution < 1.29 is 19.8 Å². The van der Waals surface area contributed by atoms with Gasteiger partial charge in [0.15, 0.2) is 0 Å². The molecule has 29 heavy (non-hydrogen) atoms. The van der Waals surface area contributed by atoms with Crippen molar-refractivity contribution in [3.05, 3.63) is 106 Å². The van der Waals surface area contributed by atoms with E-state index < -0.39 is 5.92 Å². The van der Waals surface area contributed by atoms with Crippen LogP contribution in [0.25, 0.3) is 0 Å². The van der Waals surface area contributed by atoms with Crippen LogP contribution in [0.1, 0.15) is 55.8 Å². The summed E-state index contributed by atoms with van der Waals surface area (Å²) in [6, 6.07) is 17.0. The summed E-state index contributed by atoms with van der Waals surface area (Å²) < 4.78 is 0. The Labute approximate surface area is 169 Å². The lowest BCUT2D eigenvalue weighted by molar-refractivity contribution is 0.111. The number of rotatable bonds is 7. The van der Waals surface area contributed by atoms with Gasteiger partial charge in [-0.15, -0.1) is 0 Å². The number of benzene rings is 3. The lowest BCUT2D eigenvalue weighted by Crippen LogP contribution is -2.06. The summed E-state index contributed by atoms with van der Waals surface area (Å²) in [4.78, 5) is 22.6. The van der Waals surface area contributed by atoms with E-state index in [1.807, 2.05) is 31.2 Å². The van der Waals surface area contributed by atoms with Crippen molar-refractivity contribution in [1.29, 1.82) is 0 Å². The largest absolute Gasteiger partial charge is 0.508 e. The third kappa shape index (κ3) is 4.43. The lowest BCUT2D eigenvalue weighted by atomic mass is 9.82. The highest BCUT2D eigenvalue weighted by atomic mass is 16.3. The molecule has 0 saturated carbocycles. The van der Waals surface area contributed by atoms with Crippen molar-refractivity contribution >= 4 is 12.6 Å². The first kappa shape index (κ1) is 20.1.